The highest BCUT2D eigenvalue weighted by molar-refractivity contribution is 5.67. The maximum atomic E-state index is 11.6. The van der Waals surface area contributed by atoms with Crippen LogP contribution in [0.2, 0.25) is 0 Å². The first-order valence-corrected chi connectivity index (χ1v) is 8.74. The van der Waals surface area contributed by atoms with Crippen molar-refractivity contribution in [2.75, 3.05) is 38.6 Å². The molecule has 148 valence electrons. The lowest BCUT2D eigenvalue weighted by atomic mass is 9.84. The van der Waals surface area contributed by atoms with E-state index in [9.17, 15) is 20.0 Å². The van der Waals surface area contributed by atoms with Gasteiger partial charge in [0.2, 0.25) is 0 Å². The summed E-state index contributed by atoms with van der Waals surface area (Å²) >= 11 is 0. The van der Waals surface area contributed by atoms with Crippen molar-refractivity contribution in [1.82, 2.24) is 14.8 Å². The Balaban J connectivity index is 2.36. The Morgan fingerprint density at radius 3 is 2.59 bits per heavy atom. The minimum absolute atomic E-state index is 0.0617. The summed E-state index contributed by atoms with van der Waals surface area (Å²) in [6, 6.07) is 1.48. The number of hydrogen-bond donors (Lipinski definition) is 1. The van der Waals surface area contributed by atoms with Gasteiger partial charge in [0.25, 0.3) is 5.69 Å². The summed E-state index contributed by atoms with van der Waals surface area (Å²) in [5, 5.41) is 20.8. The molecule has 1 atom stereocenters. The smallest absolute Gasteiger partial charge is 0.407 e. The Kier molecular flexibility index (Phi) is 5.92. The summed E-state index contributed by atoms with van der Waals surface area (Å²) in [7, 11) is 3.67. The number of carbonyl (C=O) groups is 1. The van der Waals surface area contributed by atoms with Crippen molar-refractivity contribution in [3.8, 4) is 0 Å². The predicted octanol–water partition coefficient (Wildman–Crippen LogP) is 2.74. The van der Waals surface area contributed by atoms with Crippen LogP contribution in [0.3, 0.4) is 0 Å². The van der Waals surface area contributed by atoms with Gasteiger partial charge >= 0.3 is 6.09 Å². The van der Waals surface area contributed by atoms with Crippen LogP contribution in [-0.4, -0.2) is 70.7 Å². The molecule has 2 rings (SSSR count). The fourth-order valence-electron chi connectivity index (χ4n) is 3.10. The molecule has 0 aliphatic carbocycles. The van der Waals surface area contributed by atoms with Gasteiger partial charge in [-0.05, 0) is 23.8 Å². The van der Waals surface area contributed by atoms with E-state index in [1.165, 1.54) is 11.1 Å². The van der Waals surface area contributed by atoms with Crippen molar-refractivity contribution in [2.24, 2.45) is 5.41 Å². The monoisotopic (exact) mass is 377 g/mol. The number of hydrogen-bond acceptors (Lipinski definition) is 6. The number of anilines is 1. The summed E-state index contributed by atoms with van der Waals surface area (Å²) < 4.78 is 0. The first-order valence-electron chi connectivity index (χ1n) is 8.74. The zero-order chi connectivity index (χ0) is 20.4. The van der Waals surface area contributed by atoms with Crippen molar-refractivity contribution in [3.63, 3.8) is 0 Å². The molecule has 0 bridgehead atoms. The van der Waals surface area contributed by atoms with Gasteiger partial charge in [0.1, 0.15) is 12.0 Å². The molecule has 9 nitrogen and oxygen atoms in total. The van der Waals surface area contributed by atoms with E-state index in [-0.39, 0.29) is 17.1 Å². The van der Waals surface area contributed by atoms with Crippen LogP contribution in [0.1, 0.15) is 26.3 Å². The maximum absolute atomic E-state index is 11.6. The van der Waals surface area contributed by atoms with Crippen LogP contribution in [0.5, 0.6) is 0 Å². The number of amides is 1. The predicted molar refractivity (Wildman–Crippen MR) is 104 cm³/mol. The standard InChI is InChI=1S/C18H27N5O4/c1-18(2,3)15-12-21(8-9-22(15)17(24)25)16-10-13(6-7-20(4)5)14(11-19-16)23(26)27/h6-7,10-11,15H,8-9,12H2,1-5H3,(H,24,25). The van der Waals surface area contributed by atoms with E-state index in [2.05, 4.69) is 4.98 Å². The van der Waals surface area contributed by atoms with Crippen molar-refractivity contribution >= 4 is 23.7 Å². The molecule has 1 unspecified atom stereocenters. The summed E-state index contributed by atoms with van der Waals surface area (Å²) in [4.78, 5) is 31.9. The molecule has 1 aliphatic rings. The van der Waals surface area contributed by atoms with Gasteiger partial charge in [-0.2, -0.15) is 0 Å². The molecule has 1 amide bonds. The Morgan fingerprint density at radius 1 is 1.41 bits per heavy atom. The number of nitrogens with zero attached hydrogens (tertiary/aromatic N) is 5. The van der Waals surface area contributed by atoms with Gasteiger partial charge < -0.3 is 19.8 Å². The van der Waals surface area contributed by atoms with Crippen molar-refractivity contribution in [1.29, 1.82) is 0 Å². The third-order valence-corrected chi connectivity index (χ3v) is 4.60. The van der Waals surface area contributed by atoms with Crippen LogP contribution in [0.4, 0.5) is 16.3 Å². The SMILES string of the molecule is CN(C)C=Cc1cc(N2CCN(C(=O)O)C(C(C)(C)C)C2)ncc1[N+](=O)[O-]. The molecule has 0 saturated carbocycles. The molecule has 1 fully saturated rings. The fraction of sp³-hybridized carbons (Fsp3) is 0.556. The molecule has 0 spiro atoms. The van der Waals surface area contributed by atoms with Crippen LogP contribution < -0.4 is 4.90 Å². The van der Waals surface area contributed by atoms with Gasteiger partial charge in [0, 0.05) is 33.7 Å². The second-order valence-electron chi connectivity index (χ2n) is 7.94. The normalized spacial score (nSPS) is 18.0. The van der Waals surface area contributed by atoms with E-state index in [0.29, 0.717) is 31.0 Å². The first kappa shape index (κ1) is 20.5. The molecule has 2 heterocycles. The van der Waals surface area contributed by atoms with Crippen LogP contribution in [0.25, 0.3) is 6.08 Å². The van der Waals surface area contributed by atoms with Gasteiger partial charge in [-0.25, -0.2) is 9.78 Å². The van der Waals surface area contributed by atoms with Gasteiger partial charge in [0.15, 0.2) is 0 Å². The third kappa shape index (κ3) is 4.87. The summed E-state index contributed by atoms with van der Waals surface area (Å²) in [5.74, 6) is 0.610. The molecule has 0 aromatic carbocycles. The summed E-state index contributed by atoms with van der Waals surface area (Å²) in [5.41, 5.74) is 0.158. The Hall–Kier alpha value is -2.84. The van der Waals surface area contributed by atoms with Crippen LogP contribution in [-0.2, 0) is 0 Å². The molecule has 1 aromatic rings. The largest absolute Gasteiger partial charge is 0.465 e. The summed E-state index contributed by atoms with van der Waals surface area (Å²) in [6.07, 6.45) is 3.76. The topological polar surface area (TPSA) is 103 Å². The fourth-order valence-corrected chi connectivity index (χ4v) is 3.10. The average Bonchev–Trinajstić information content (AvgIpc) is 2.58. The van der Waals surface area contributed by atoms with E-state index >= 15 is 0 Å². The van der Waals surface area contributed by atoms with Gasteiger partial charge in [-0.1, -0.05) is 20.8 Å². The van der Waals surface area contributed by atoms with Crippen LogP contribution in [0, 0.1) is 15.5 Å². The number of rotatable bonds is 4. The second kappa shape index (κ2) is 7.81. The van der Waals surface area contributed by atoms with E-state index in [4.69, 9.17) is 0 Å². The lowest BCUT2D eigenvalue weighted by Gasteiger charge is -2.46. The minimum Gasteiger partial charge on any atom is -0.465 e. The molecule has 1 aliphatic heterocycles. The number of aromatic nitrogens is 1. The highest BCUT2D eigenvalue weighted by Gasteiger charge is 2.38. The third-order valence-electron chi connectivity index (χ3n) is 4.60. The zero-order valence-corrected chi connectivity index (χ0v) is 16.4. The molecular weight excluding hydrogens is 350 g/mol. The van der Waals surface area contributed by atoms with Gasteiger partial charge in [0.05, 0.1) is 16.5 Å². The zero-order valence-electron chi connectivity index (χ0n) is 16.4. The maximum Gasteiger partial charge on any atom is 0.407 e. The van der Waals surface area contributed by atoms with E-state index < -0.39 is 11.0 Å². The van der Waals surface area contributed by atoms with E-state index in [1.54, 1.807) is 23.2 Å². The second-order valence-corrected chi connectivity index (χ2v) is 7.94. The Labute approximate surface area is 159 Å². The van der Waals surface area contributed by atoms with E-state index in [0.717, 1.165) is 0 Å². The Morgan fingerprint density at radius 2 is 2.07 bits per heavy atom. The van der Waals surface area contributed by atoms with Crippen molar-refractivity contribution in [2.45, 2.75) is 26.8 Å². The quantitative estimate of drug-likeness (QED) is 0.635. The van der Waals surface area contributed by atoms with Gasteiger partial charge in [-0.15, -0.1) is 0 Å². The molecule has 1 aromatic heterocycles. The molecule has 1 N–H and O–H groups in total. The number of carboxylic acid groups (broad SMARTS) is 1. The molecule has 9 heteroatoms. The highest BCUT2D eigenvalue weighted by atomic mass is 16.6. The summed E-state index contributed by atoms with van der Waals surface area (Å²) in [6.45, 7) is 7.35. The highest BCUT2D eigenvalue weighted by Crippen LogP contribution is 2.31. The van der Waals surface area contributed by atoms with Crippen LogP contribution in [0.15, 0.2) is 18.5 Å². The molecule has 27 heavy (non-hydrogen) atoms. The number of piperazine rings is 1. The van der Waals surface area contributed by atoms with Crippen LogP contribution >= 0.6 is 0 Å². The molecule has 1 saturated heterocycles. The average molecular weight is 377 g/mol. The first-order chi connectivity index (χ1) is 12.5. The lowest BCUT2D eigenvalue weighted by molar-refractivity contribution is -0.385. The minimum atomic E-state index is -0.930. The molecule has 0 radical (unpaired) electrons. The van der Waals surface area contributed by atoms with E-state index in [1.807, 2.05) is 39.8 Å². The molecular formula is C18H27N5O4. The van der Waals surface area contributed by atoms with Crippen molar-refractivity contribution < 1.29 is 14.8 Å². The lowest BCUT2D eigenvalue weighted by Crippen LogP contribution is -2.59. The Bertz CT molecular complexity index is 742. The van der Waals surface area contributed by atoms with Gasteiger partial charge in [-0.3, -0.25) is 10.1 Å². The number of nitro groups is 1. The van der Waals surface area contributed by atoms with Crippen molar-refractivity contribution in [3.05, 3.63) is 34.1 Å². The number of pyridine rings is 1.